The van der Waals surface area contributed by atoms with E-state index in [4.69, 9.17) is 9.47 Å². The molecule has 0 bridgehead atoms. The Labute approximate surface area is 175 Å². The molecule has 1 aliphatic heterocycles. The van der Waals surface area contributed by atoms with Crippen LogP contribution in [0.25, 0.3) is 0 Å². The third kappa shape index (κ3) is 4.69. The Bertz CT molecular complexity index is 818. The lowest BCUT2D eigenvalue weighted by Crippen LogP contribution is -2.45. The van der Waals surface area contributed by atoms with E-state index in [0.29, 0.717) is 31.7 Å². The highest BCUT2D eigenvalue weighted by Crippen LogP contribution is 2.43. The number of rotatable bonds is 9. The molecule has 0 unspecified atom stereocenters. The number of ether oxygens (including phenoxy) is 2. The van der Waals surface area contributed by atoms with Crippen molar-refractivity contribution in [3.05, 3.63) is 57.8 Å². The van der Waals surface area contributed by atoms with Gasteiger partial charge in [0, 0.05) is 43.7 Å². The number of nitrogens with one attached hydrogen (secondary N) is 1. The second-order valence-corrected chi connectivity index (χ2v) is 7.84. The highest BCUT2D eigenvalue weighted by atomic mass is 32.1. The molecular formula is C22H28N2O4S. The van der Waals surface area contributed by atoms with Gasteiger partial charge in [-0.15, -0.1) is 11.3 Å². The van der Waals surface area contributed by atoms with Crippen molar-refractivity contribution >= 4 is 23.2 Å². The summed E-state index contributed by atoms with van der Waals surface area (Å²) in [5.74, 6) is -0.622. The molecule has 3 rings (SSSR count). The summed E-state index contributed by atoms with van der Waals surface area (Å²) in [5, 5.41) is 5.01. The highest BCUT2D eigenvalue weighted by molar-refractivity contribution is 7.10. The molecule has 7 heteroatoms. The molecule has 6 nitrogen and oxygen atoms in total. The molecule has 1 N–H and O–H groups in total. The van der Waals surface area contributed by atoms with Crippen molar-refractivity contribution in [2.45, 2.75) is 38.5 Å². The number of carbonyl (C=O) groups excluding carboxylic acids is 2. The lowest BCUT2D eigenvalue weighted by Gasteiger charge is -2.39. The first-order valence-corrected chi connectivity index (χ1v) is 10.9. The van der Waals surface area contributed by atoms with Gasteiger partial charge in [-0.1, -0.05) is 24.3 Å². The quantitative estimate of drug-likeness (QED) is 0.635. The Morgan fingerprint density at radius 2 is 1.90 bits per heavy atom. The average Bonchev–Trinajstić information content (AvgIpc) is 3.25. The fourth-order valence-corrected chi connectivity index (χ4v) is 4.69. The normalized spacial score (nSPS) is 18.8. The van der Waals surface area contributed by atoms with Gasteiger partial charge in [0.25, 0.3) is 5.91 Å². The summed E-state index contributed by atoms with van der Waals surface area (Å²) in [5.41, 5.74) is 1.36. The highest BCUT2D eigenvalue weighted by Gasteiger charge is 2.42. The standard InChI is InChI=1S/C22H28N2O4S/c1-4-27-18(28-5-2)12-13-23-21(25)19-15-9-6-7-10-16(15)22(26)24(3)20(19)17-11-8-14-29-17/h6-11,14,18-20H,4-5,12-13H2,1-3H3,(H,23,25)/t19-,20-/m0/s1. The molecule has 0 radical (unpaired) electrons. The summed E-state index contributed by atoms with van der Waals surface area (Å²) < 4.78 is 11.1. The molecule has 0 saturated heterocycles. The predicted molar refractivity (Wildman–Crippen MR) is 113 cm³/mol. The van der Waals surface area contributed by atoms with Gasteiger partial charge in [-0.2, -0.15) is 0 Å². The molecule has 0 spiro atoms. The Balaban J connectivity index is 1.82. The van der Waals surface area contributed by atoms with Gasteiger partial charge < -0.3 is 19.7 Å². The molecule has 2 amide bonds. The first-order valence-electron chi connectivity index (χ1n) is 9.98. The zero-order chi connectivity index (χ0) is 20.8. The molecule has 2 aromatic rings. The van der Waals surface area contributed by atoms with Crippen molar-refractivity contribution in [3.8, 4) is 0 Å². The number of likely N-dealkylation sites (N-methyl/N-ethyl adjacent to an activating group) is 1. The molecule has 0 aliphatic carbocycles. The van der Waals surface area contributed by atoms with E-state index in [-0.39, 0.29) is 24.1 Å². The molecule has 29 heavy (non-hydrogen) atoms. The average molecular weight is 417 g/mol. The van der Waals surface area contributed by atoms with E-state index in [1.54, 1.807) is 29.4 Å². The van der Waals surface area contributed by atoms with Crippen LogP contribution in [-0.2, 0) is 14.3 Å². The molecule has 1 aromatic carbocycles. The summed E-state index contributed by atoms with van der Waals surface area (Å²) in [6, 6.07) is 11.0. The Kier molecular flexibility index (Phi) is 7.41. The van der Waals surface area contributed by atoms with Crippen molar-refractivity contribution < 1.29 is 19.1 Å². The third-order valence-electron chi connectivity index (χ3n) is 5.08. The van der Waals surface area contributed by atoms with E-state index >= 15 is 0 Å². The minimum atomic E-state index is -0.467. The minimum absolute atomic E-state index is 0.0594. The van der Waals surface area contributed by atoms with Crippen LogP contribution in [-0.4, -0.2) is 49.8 Å². The van der Waals surface area contributed by atoms with Crippen LogP contribution in [0.3, 0.4) is 0 Å². The fourth-order valence-electron chi connectivity index (χ4n) is 3.78. The maximum absolute atomic E-state index is 13.3. The van der Waals surface area contributed by atoms with Crippen LogP contribution < -0.4 is 5.32 Å². The van der Waals surface area contributed by atoms with Crippen molar-refractivity contribution in [2.24, 2.45) is 0 Å². The molecule has 1 aliphatic rings. The van der Waals surface area contributed by atoms with Gasteiger partial charge in [0.1, 0.15) is 0 Å². The maximum Gasteiger partial charge on any atom is 0.254 e. The van der Waals surface area contributed by atoms with Crippen LogP contribution in [0.4, 0.5) is 0 Å². The molecule has 2 atom stereocenters. The number of nitrogens with zero attached hydrogens (tertiary/aromatic N) is 1. The molecule has 0 fully saturated rings. The molecule has 156 valence electrons. The first kappa shape index (κ1) is 21.5. The Morgan fingerprint density at radius 3 is 2.55 bits per heavy atom. The number of benzene rings is 1. The second kappa shape index (κ2) is 10.0. The second-order valence-electron chi connectivity index (χ2n) is 6.86. The third-order valence-corrected chi connectivity index (χ3v) is 6.02. The summed E-state index contributed by atoms with van der Waals surface area (Å²) in [6.07, 6.45) is 0.238. The first-order chi connectivity index (χ1) is 14.1. The van der Waals surface area contributed by atoms with Gasteiger partial charge >= 0.3 is 0 Å². The number of fused-ring (bicyclic) bond motifs is 1. The lowest BCUT2D eigenvalue weighted by molar-refractivity contribution is -0.140. The molecular weight excluding hydrogens is 388 g/mol. The number of thiophene rings is 1. The number of carbonyl (C=O) groups is 2. The van der Waals surface area contributed by atoms with E-state index in [2.05, 4.69) is 5.32 Å². The van der Waals surface area contributed by atoms with E-state index in [1.165, 1.54) is 0 Å². The van der Waals surface area contributed by atoms with Crippen LogP contribution in [0.5, 0.6) is 0 Å². The number of hydrogen-bond acceptors (Lipinski definition) is 5. The Morgan fingerprint density at radius 1 is 1.17 bits per heavy atom. The maximum atomic E-state index is 13.3. The van der Waals surface area contributed by atoms with Crippen molar-refractivity contribution in [2.75, 3.05) is 26.8 Å². The smallest absolute Gasteiger partial charge is 0.254 e. The minimum Gasteiger partial charge on any atom is -0.355 e. The monoisotopic (exact) mass is 416 g/mol. The summed E-state index contributed by atoms with van der Waals surface area (Å²) in [4.78, 5) is 28.9. The van der Waals surface area contributed by atoms with Gasteiger partial charge in [0.2, 0.25) is 5.91 Å². The topological polar surface area (TPSA) is 67.9 Å². The van der Waals surface area contributed by atoms with E-state index in [9.17, 15) is 9.59 Å². The van der Waals surface area contributed by atoms with Gasteiger partial charge in [0.05, 0.1) is 12.0 Å². The van der Waals surface area contributed by atoms with Gasteiger partial charge in [-0.05, 0) is 36.9 Å². The van der Waals surface area contributed by atoms with E-state index in [0.717, 1.165) is 10.4 Å². The summed E-state index contributed by atoms with van der Waals surface area (Å²) in [6.45, 7) is 5.39. The number of amides is 2. The van der Waals surface area contributed by atoms with Crippen LogP contribution in [0.15, 0.2) is 41.8 Å². The van der Waals surface area contributed by atoms with Crippen molar-refractivity contribution in [1.82, 2.24) is 10.2 Å². The molecule has 2 heterocycles. The number of hydrogen-bond donors (Lipinski definition) is 1. The van der Waals surface area contributed by atoms with E-state index in [1.807, 2.05) is 49.6 Å². The molecule has 0 saturated carbocycles. The van der Waals surface area contributed by atoms with Crippen LogP contribution in [0.2, 0.25) is 0 Å². The zero-order valence-electron chi connectivity index (χ0n) is 17.1. The van der Waals surface area contributed by atoms with Crippen LogP contribution in [0, 0.1) is 0 Å². The van der Waals surface area contributed by atoms with Crippen LogP contribution >= 0.6 is 11.3 Å². The Hall–Kier alpha value is -2.22. The zero-order valence-corrected chi connectivity index (χ0v) is 17.9. The van der Waals surface area contributed by atoms with Gasteiger partial charge in [0.15, 0.2) is 6.29 Å². The van der Waals surface area contributed by atoms with Crippen molar-refractivity contribution in [3.63, 3.8) is 0 Å². The largest absolute Gasteiger partial charge is 0.355 e. The van der Waals surface area contributed by atoms with Gasteiger partial charge in [-0.3, -0.25) is 9.59 Å². The van der Waals surface area contributed by atoms with Gasteiger partial charge in [-0.25, -0.2) is 0 Å². The summed E-state index contributed by atoms with van der Waals surface area (Å²) >= 11 is 1.56. The SMILES string of the molecule is CCOC(CCNC(=O)[C@H]1c2ccccc2C(=O)N(C)[C@H]1c1cccs1)OCC. The molecule has 1 aromatic heterocycles. The van der Waals surface area contributed by atoms with Crippen LogP contribution in [0.1, 0.15) is 53.0 Å². The summed E-state index contributed by atoms with van der Waals surface area (Å²) in [7, 11) is 1.77. The van der Waals surface area contributed by atoms with E-state index < -0.39 is 5.92 Å². The fraction of sp³-hybridized carbons (Fsp3) is 0.455. The predicted octanol–water partition coefficient (Wildman–Crippen LogP) is 3.56. The lowest BCUT2D eigenvalue weighted by atomic mass is 9.81. The van der Waals surface area contributed by atoms with Crippen molar-refractivity contribution in [1.29, 1.82) is 0 Å².